The van der Waals surface area contributed by atoms with Crippen molar-refractivity contribution >= 4 is 5.97 Å². The quantitative estimate of drug-likeness (QED) is 0.537. The minimum Gasteiger partial charge on any atom is -0.508 e. The maximum absolute atomic E-state index is 11.8. The normalized spacial score (nSPS) is 14.7. The van der Waals surface area contributed by atoms with E-state index < -0.39 is 5.97 Å². The monoisotopic (exact) mass is 438 g/mol. The van der Waals surface area contributed by atoms with E-state index in [-0.39, 0.29) is 29.1 Å². The van der Waals surface area contributed by atoms with Gasteiger partial charge in [0.05, 0.1) is 18.8 Å². The van der Waals surface area contributed by atoms with Gasteiger partial charge in [-0.2, -0.15) is 0 Å². The zero-order valence-electron chi connectivity index (χ0n) is 18.0. The Kier molecular flexibility index (Phi) is 6.11. The minimum absolute atomic E-state index is 0.0101. The van der Waals surface area contributed by atoms with Crippen LogP contribution in [0.1, 0.15) is 41.5 Å². The average molecular weight is 438 g/mol. The molecule has 2 aromatic carbocycles. The maximum atomic E-state index is 11.8. The van der Waals surface area contributed by atoms with Crippen molar-refractivity contribution in [1.82, 2.24) is 19.7 Å². The lowest BCUT2D eigenvalue weighted by molar-refractivity contribution is 0.0342. The SMILES string of the molecule is CC(C)c1cc(-c2nnc(C(=O)O)n2-c2ccc(CN3CCOCC3)cc2)c(O)cc1O. The van der Waals surface area contributed by atoms with Crippen LogP contribution in [0.5, 0.6) is 11.5 Å². The molecule has 0 spiro atoms. The van der Waals surface area contributed by atoms with Crippen molar-refractivity contribution in [2.75, 3.05) is 26.3 Å². The number of morpholine rings is 1. The molecule has 0 atom stereocenters. The number of phenolic OH excluding ortho intramolecular Hbond substituents is 2. The molecule has 4 rings (SSSR count). The van der Waals surface area contributed by atoms with Crippen molar-refractivity contribution in [1.29, 1.82) is 0 Å². The Morgan fingerprint density at radius 2 is 1.75 bits per heavy atom. The number of aromatic nitrogens is 3. The summed E-state index contributed by atoms with van der Waals surface area (Å²) in [4.78, 5) is 14.1. The third kappa shape index (κ3) is 4.30. The standard InChI is InChI=1S/C23H26N4O5/c1-14(2)17-11-18(20(29)12-19(17)28)21-24-25-22(23(30)31)27(21)16-5-3-15(4-6-16)13-26-7-9-32-10-8-26/h3-6,11-12,14,28-29H,7-10,13H2,1-2H3,(H,30,31). The van der Waals surface area contributed by atoms with Crippen LogP contribution in [0.2, 0.25) is 0 Å². The van der Waals surface area contributed by atoms with Gasteiger partial charge in [0.15, 0.2) is 5.82 Å². The smallest absolute Gasteiger partial charge is 0.374 e. The lowest BCUT2D eigenvalue weighted by Crippen LogP contribution is -2.35. The van der Waals surface area contributed by atoms with Crippen LogP contribution in [0.15, 0.2) is 36.4 Å². The Morgan fingerprint density at radius 1 is 1.06 bits per heavy atom. The van der Waals surface area contributed by atoms with Crippen LogP contribution < -0.4 is 0 Å². The molecule has 0 amide bonds. The molecule has 0 radical (unpaired) electrons. The van der Waals surface area contributed by atoms with E-state index in [1.54, 1.807) is 6.07 Å². The van der Waals surface area contributed by atoms with Crippen molar-refractivity contribution < 1.29 is 24.9 Å². The summed E-state index contributed by atoms with van der Waals surface area (Å²) in [6, 6.07) is 10.4. The zero-order chi connectivity index (χ0) is 22.8. The molecule has 1 aliphatic rings. The topological polar surface area (TPSA) is 121 Å². The van der Waals surface area contributed by atoms with Crippen molar-refractivity contribution in [3.8, 4) is 28.6 Å². The number of benzene rings is 2. The predicted octanol–water partition coefficient (Wildman–Crippen LogP) is 3.00. The molecule has 0 saturated carbocycles. The Labute approximate surface area is 185 Å². The number of aromatic hydroxyl groups is 2. The van der Waals surface area contributed by atoms with Gasteiger partial charge in [-0.1, -0.05) is 26.0 Å². The molecule has 168 valence electrons. The fourth-order valence-corrected chi connectivity index (χ4v) is 3.85. The molecule has 1 aliphatic heterocycles. The molecule has 1 saturated heterocycles. The molecular weight excluding hydrogens is 412 g/mol. The fourth-order valence-electron chi connectivity index (χ4n) is 3.85. The van der Waals surface area contributed by atoms with Gasteiger partial charge >= 0.3 is 5.97 Å². The number of carbonyl (C=O) groups is 1. The predicted molar refractivity (Wildman–Crippen MR) is 117 cm³/mol. The van der Waals surface area contributed by atoms with E-state index in [0.717, 1.165) is 38.4 Å². The molecule has 9 nitrogen and oxygen atoms in total. The van der Waals surface area contributed by atoms with E-state index in [1.807, 2.05) is 38.1 Å². The third-order valence-corrected chi connectivity index (χ3v) is 5.57. The van der Waals surface area contributed by atoms with Gasteiger partial charge in [0, 0.05) is 31.4 Å². The largest absolute Gasteiger partial charge is 0.508 e. The van der Waals surface area contributed by atoms with Gasteiger partial charge in [-0.3, -0.25) is 9.47 Å². The summed E-state index contributed by atoms with van der Waals surface area (Å²) in [5.41, 5.74) is 2.57. The Bertz CT molecular complexity index is 1120. The Balaban J connectivity index is 1.74. The van der Waals surface area contributed by atoms with Crippen LogP contribution in [0.3, 0.4) is 0 Å². The van der Waals surface area contributed by atoms with Gasteiger partial charge in [-0.25, -0.2) is 4.79 Å². The summed E-state index contributed by atoms with van der Waals surface area (Å²) in [7, 11) is 0. The summed E-state index contributed by atoms with van der Waals surface area (Å²) in [5.74, 6) is -1.56. The highest BCUT2D eigenvalue weighted by molar-refractivity contribution is 5.86. The second-order valence-electron chi connectivity index (χ2n) is 8.13. The van der Waals surface area contributed by atoms with E-state index >= 15 is 0 Å². The van der Waals surface area contributed by atoms with Crippen LogP contribution in [-0.2, 0) is 11.3 Å². The van der Waals surface area contributed by atoms with Gasteiger partial charge in [0.1, 0.15) is 11.5 Å². The van der Waals surface area contributed by atoms with Gasteiger partial charge < -0.3 is 20.1 Å². The molecule has 0 aliphatic carbocycles. The number of aromatic carboxylic acids is 1. The zero-order valence-corrected chi connectivity index (χ0v) is 18.0. The van der Waals surface area contributed by atoms with Crippen molar-refractivity contribution in [2.24, 2.45) is 0 Å². The highest BCUT2D eigenvalue weighted by Crippen LogP contribution is 2.38. The highest BCUT2D eigenvalue weighted by atomic mass is 16.5. The van der Waals surface area contributed by atoms with Crippen molar-refractivity contribution in [3.63, 3.8) is 0 Å². The summed E-state index contributed by atoms with van der Waals surface area (Å²) in [6.07, 6.45) is 0. The molecule has 2 heterocycles. The molecule has 0 bridgehead atoms. The van der Waals surface area contributed by atoms with Crippen molar-refractivity contribution in [3.05, 3.63) is 53.3 Å². The van der Waals surface area contributed by atoms with E-state index in [0.29, 0.717) is 16.8 Å². The number of carboxylic acid groups (broad SMARTS) is 1. The van der Waals surface area contributed by atoms with Crippen LogP contribution in [-0.4, -0.2) is 67.3 Å². The van der Waals surface area contributed by atoms with Crippen LogP contribution in [0.4, 0.5) is 0 Å². The number of hydrogen-bond acceptors (Lipinski definition) is 7. The number of ether oxygens (including phenoxy) is 1. The van der Waals surface area contributed by atoms with E-state index in [1.165, 1.54) is 10.6 Å². The summed E-state index contributed by atoms with van der Waals surface area (Å²) >= 11 is 0. The fraction of sp³-hybridized carbons (Fsp3) is 0.348. The number of hydrogen-bond donors (Lipinski definition) is 3. The minimum atomic E-state index is -1.23. The summed E-state index contributed by atoms with van der Waals surface area (Å²) < 4.78 is 6.79. The van der Waals surface area contributed by atoms with Crippen molar-refractivity contribution in [2.45, 2.75) is 26.3 Å². The van der Waals surface area contributed by atoms with E-state index in [2.05, 4.69) is 15.1 Å². The van der Waals surface area contributed by atoms with Gasteiger partial charge in [0.2, 0.25) is 5.82 Å². The van der Waals surface area contributed by atoms with E-state index in [4.69, 9.17) is 4.74 Å². The lowest BCUT2D eigenvalue weighted by atomic mass is 9.98. The maximum Gasteiger partial charge on any atom is 0.374 e. The molecule has 3 N–H and O–H groups in total. The number of nitrogens with zero attached hydrogens (tertiary/aromatic N) is 4. The second-order valence-corrected chi connectivity index (χ2v) is 8.13. The lowest BCUT2D eigenvalue weighted by Gasteiger charge is -2.26. The molecule has 32 heavy (non-hydrogen) atoms. The molecule has 9 heteroatoms. The molecular formula is C23H26N4O5. The first-order valence-electron chi connectivity index (χ1n) is 10.5. The van der Waals surface area contributed by atoms with Crippen LogP contribution in [0, 0.1) is 0 Å². The first-order chi connectivity index (χ1) is 15.3. The highest BCUT2D eigenvalue weighted by Gasteiger charge is 2.24. The van der Waals surface area contributed by atoms with Gasteiger partial charge in [-0.15, -0.1) is 10.2 Å². The van der Waals surface area contributed by atoms with Crippen LogP contribution >= 0.6 is 0 Å². The third-order valence-electron chi connectivity index (χ3n) is 5.57. The summed E-state index contributed by atoms with van der Waals surface area (Å²) in [5, 5.41) is 38.2. The molecule has 3 aromatic rings. The van der Waals surface area contributed by atoms with E-state index in [9.17, 15) is 20.1 Å². The summed E-state index contributed by atoms with van der Waals surface area (Å²) in [6.45, 7) is 7.79. The molecule has 0 unspecified atom stereocenters. The van der Waals surface area contributed by atoms with Gasteiger partial charge in [-0.05, 0) is 35.2 Å². The Morgan fingerprint density at radius 3 is 2.38 bits per heavy atom. The second kappa shape index (κ2) is 8.97. The molecule has 1 aromatic heterocycles. The van der Waals surface area contributed by atoms with Crippen LogP contribution in [0.25, 0.3) is 17.1 Å². The first-order valence-corrected chi connectivity index (χ1v) is 10.5. The first kappa shape index (κ1) is 21.8. The molecule has 1 fully saturated rings. The number of phenols is 2. The van der Waals surface area contributed by atoms with Gasteiger partial charge in [0.25, 0.3) is 0 Å². The number of rotatable bonds is 6. The number of carboxylic acids is 1. The average Bonchev–Trinajstić information content (AvgIpc) is 3.20. The Hall–Kier alpha value is -3.43.